The maximum absolute atomic E-state index is 13.5. The van der Waals surface area contributed by atoms with Gasteiger partial charge in [-0.2, -0.15) is 0 Å². The van der Waals surface area contributed by atoms with E-state index in [4.69, 9.17) is 9.47 Å². The number of hydrogen-bond donors (Lipinski definition) is 1. The predicted octanol–water partition coefficient (Wildman–Crippen LogP) is 5.54. The largest absolute Gasteiger partial charge is 0.497 e. The van der Waals surface area contributed by atoms with Crippen molar-refractivity contribution in [2.75, 3.05) is 19.0 Å². The quantitative estimate of drug-likeness (QED) is 0.505. The van der Waals surface area contributed by atoms with Crippen molar-refractivity contribution < 1.29 is 14.3 Å². The van der Waals surface area contributed by atoms with Gasteiger partial charge >= 0.3 is 5.97 Å². The minimum atomic E-state index is -0.893. The topological polar surface area (TPSA) is 47.6 Å². The monoisotopic (exact) mass is 381 g/mol. The van der Waals surface area contributed by atoms with Crippen molar-refractivity contribution in [3.8, 4) is 5.75 Å². The first-order valence-corrected chi connectivity index (χ1v) is 10.4. The van der Waals surface area contributed by atoms with Gasteiger partial charge < -0.3 is 14.8 Å². The molecule has 2 aromatic rings. The van der Waals surface area contributed by atoms with Crippen molar-refractivity contribution in [2.24, 2.45) is 5.92 Å². The van der Waals surface area contributed by atoms with Crippen LogP contribution in [0.3, 0.4) is 0 Å². The zero-order chi connectivity index (χ0) is 19.8. The third-order valence-electron chi connectivity index (χ3n) is 5.73. The van der Waals surface area contributed by atoms with Crippen LogP contribution in [0.15, 0.2) is 54.6 Å². The molecule has 1 unspecified atom stereocenters. The van der Waals surface area contributed by atoms with E-state index < -0.39 is 5.54 Å². The van der Waals surface area contributed by atoms with Crippen molar-refractivity contribution in [3.05, 3.63) is 60.2 Å². The molecule has 1 saturated carbocycles. The zero-order valence-electron chi connectivity index (χ0n) is 16.9. The van der Waals surface area contributed by atoms with Gasteiger partial charge in [-0.1, -0.05) is 56.0 Å². The Kier molecular flexibility index (Phi) is 6.96. The Morgan fingerprint density at radius 1 is 1.00 bits per heavy atom. The highest BCUT2D eigenvalue weighted by atomic mass is 16.5. The summed E-state index contributed by atoms with van der Waals surface area (Å²) in [5.74, 6) is 0.781. The fourth-order valence-corrected chi connectivity index (χ4v) is 4.31. The van der Waals surface area contributed by atoms with Crippen LogP contribution in [-0.2, 0) is 15.1 Å². The van der Waals surface area contributed by atoms with Gasteiger partial charge in [0.25, 0.3) is 0 Å². The summed E-state index contributed by atoms with van der Waals surface area (Å²) in [5, 5.41) is 3.61. The molecule has 2 aromatic carbocycles. The molecule has 150 valence electrons. The second-order valence-electron chi connectivity index (χ2n) is 7.44. The summed E-state index contributed by atoms with van der Waals surface area (Å²) in [6.07, 6.45) is 6.76. The van der Waals surface area contributed by atoms with Crippen molar-refractivity contribution in [1.82, 2.24) is 0 Å². The van der Waals surface area contributed by atoms with E-state index in [1.165, 1.54) is 12.8 Å². The summed E-state index contributed by atoms with van der Waals surface area (Å²) in [6, 6.07) is 17.8. The number of esters is 1. The maximum atomic E-state index is 13.5. The fraction of sp³-hybridized carbons (Fsp3) is 0.458. The highest BCUT2D eigenvalue weighted by molar-refractivity contribution is 5.87. The molecule has 0 spiro atoms. The lowest BCUT2D eigenvalue weighted by Crippen LogP contribution is -2.50. The molecule has 4 nitrogen and oxygen atoms in total. The second-order valence-corrected chi connectivity index (χ2v) is 7.44. The van der Waals surface area contributed by atoms with E-state index in [-0.39, 0.29) is 11.9 Å². The standard InChI is InChI=1S/C24H31NO3/c1-3-28-23(26)24(20-13-9-6-10-14-20,19-11-7-4-5-8-12-19)25-21-15-17-22(27-2)18-16-21/h6,9-10,13-19,25H,3-5,7-8,11-12H2,1-2H3. The molecule has 4 heteroatoms. The first-order chi connectivity index (χ1) is 13.7. The number of methoxy groups -OCH3 is 1. The normalized spacial score (nSPS) is 17.2. The molecule has 1 N–H and O–H groups in total. The van der Waals surface area contributed by atoms with E-state index in [2.05, 4.69) is 5.32 Å². The third kappa shape index (κ3) is 4.32. The molecule has 1 atom stereocenters. The highest BCUT2D eigenvalue weighted by Gasteiger charge is 2.48. The van der Waals surface area contributed by atoms with Crippen LogP contribution >= 0.6 is 0 Å². The molecular formula is C24H31NO3. The van der Waals surface area contributed by atoms with E-state index in [1.807, 2.05) is 61.5 Å². The van der Waals surface area contributed by atoms with Crippen LogP contribution < -0.4 is 10.1 Å². The average Bonchev–Trinajstić information content (AvgIpc) is 3.03. The maximum Gasteiger partial charge on any atom is 0.336 e. The van der Waals surface area contributed by atoms with Gasteiger partial charge in [0.05, 0.1) is 13.7 Å². The Balaban J connectivity index is 2.08. The van der Waals surface area contributed by atoms with Crippen LogP contribution in [0.25, 0.3) is 0 Å². The van der Waals surface area contributed by atoms with Crippen LogP contribution in [0.2, 0.25) is 0 Å². The van der Waals surface area contributed by atoms with E-state index in [1.54, 1.807) is 7.11 Å². The van der Waals surface area contributed by atoms with Gasteiger partial charge in [0.1, 0.15) is 5.75 Å². The first-order valence-electron chi connectivity index (χ1n) is 10.4. The summed E-state index contributed by atoms with van der Waals surface area (Å²) < 4.78 is 10.9. The van der Waals surface area contributed by atoms with Gasteiger partial charge in [-0.15, -0.1) is 0 Å². The van der Waals surface area contributed by atoms with Gasteiger partial charge in [0.2, 0.25) is 0 Å². The molecule has 1 aliphatic carbocycles. The van der Waals surface area contributed by atoms with Gasteiger partial charge in [-0.3, -0.25) is 0 Å². The van der Waals surface area contributed by atoms with Crippen LogP contribution in [0.5, 0.6) is 5.75 Å². The molecule has 0 heterocycles. The van der Waals surface area contributed by atoms with E-state index >= 15 is 0 Å². The number of carbonyl (C=O) groups is 1. The molecule has 0 saturated heterocycles. The highest BCUT2D eigenvalue weighted by Crippen LogP contribution is 2.42. The van der Waals surface area contributed by atoms with E-state index in [9.17, 15) is 4.79 Å². The lowest BCUT2D eigenvalue weighted by molar-refractivity contribution is -0.151. The molecule has 0 amide bonds. The number of ether oxygens (including phenoxy) is 2. The lowest BCUT2D eigenvalue weighted by atomic mass is 9.73. The summed E-state index contributed by atoms with van der Waals surface area (Å²) in [5.41, 5.74) is 0.967. The van der Waals surface area contributed by atoms with Crippen molar-refractivity contribution in [2.45, 2.75) is 51.0 Å². The molecule has 3 rings (SSSR count). The van der Waals surface area contributed by atoms with E-state index in [0.717, 1.165) is 42.7 Å². The molecule has 0 bridgehead atoms. The predicted molar refractivity (Wildman–Crippen MR) is 113 cm³/mol. The molecule has 1 aliphatic rings. The van der Waals surface area contributed by atoms with Gasteiger partial charge in [0.15, 0.2) is 5.54 Å². The molecule has 0 radical (unpaired) electrons. The first kappa shape index (κ1) is 20.2. The number of anilines is 1. The van der Waals surface area contributed by atoms with Gasteiger partial charge in [-0.25, -0.2) is 4.79 Å². The van der Waals surface area contributed by atoms with E-state index in [0.29, 0.717) is 6.61 Å². The van der Waals surface area contributed by atoms with Crippen LogP contribution in [0, 0.1) is 5.92 Å². The number of rotatable bonds is 7. The number of carbonyl (C=O) groups excluding carboxylic acids is 1. The molecule has 28 heavy (non-hydrogen) atoms. The van der Waals surface area contributed by atoms with Crippen molar-refractivity contribution in [1.29, 1.82) is 0 Å². The van der Waals surface area contributed by atoms with Crippen LogP contribution in [-0.4, -0.2) is 19.7 Å². The van der Waals surface area contributed by atoms with Gasteiger partial charge in [0, 0.05) is 5.69 Å². The van der Waals surface area contributed by atoms with Crippen LogP contribution in [0.1, 0.15) is 51.0 Å². The second kappa shape index (κ2) is 9.63. The Labute approximate surface area is 168 Å². The van der Waals surface area contributed by atoms with Gasteiger partial charge in [-0.05, 0) is 55.5 Å². The minimum absolute atomic E-state index is 0.179. The Morgan fingerprint density at radius 3 is 2.21 bits per heavy atom. The fourth-order valence-electron chi connectivity index (χ4n) is 4.31. The zero-order valence-corrected chi connectivity index (χ0v) is 16.9. The van der Waals surface area contributed by atoms with Crippen molar-refractivity contribution >= 4 is 11.7 Å². The Hall–Kier alpha value is -2.49. The number of benzene rings is 2. The minimum Gasteiger partial charge on any atom is -0.497 e. The summed E-state index contributed by atoms with van der Waals surface area (Å²) in [4.78, 5) is 13.5. The van der Waals surface area contributed by atoms with Crippen molar-refractivity contribution in [3.63, 3.8) is 0 Å². The molecular weight excluding hydrogens is 350 g/mol. The lowest BCUT2D eigenvalue weighted by Gasteiger charge is -2.40. The SMILES string of the molecule is CCOC(=O)C(Nc1ccc(OC)cc1)(c1ccccc1)C1CCCCCC1. The number of hydrogen-bond acceptors (Lipinski definition) is 4. The molecule has 0 aliphatic heterocycles. The smallest absolute Gasteiger partial charge is 0.336 e. The average molecular weight is 382 g/mol. The molecule has 1 fully saturated rings. The summed E-state index contributed by atoms with van der Waals surface area (Å²) in [6.45, 7) is 2.23. The Bertz CT molecular complexity index is 736. The number of nitrogens with one attached hydrogen (secondary N) is 1. The third-order valence-corrected chi connectivity index (χ3v) is 5.73. The molecule has 0 aromatic heterocycles. The van der Waals surface area contributed by atoms with Crippen LogP contribution in [0.4, 0.5) is 5.69 Å². The summed E-state index contributed by atoms with van der Waals surface area (Å²) in [7, 11) is 1.65. The Morgan fingerprint density at radius 2 is 1.64 bits per heavy atom. The summed E-state index contributed by atoms with van der Waals surface area (Å²) >= 11 is 0.